The second kappa shape index (κ2) is 16.3. The van der Waals surface area contributed by atoms with Crippen molar-refractivity contribution in [2.75, 3.05) is 52.7 Å². The first-order valence-corrected chi connectivity index (χ1v) is 10.1. The minimum absolute atomic E-state index is 0. The van der Waals surface area contributed by atoms with Crippen LogP contribution in [0.5, 0.6) is 5.75 Å². The average Bonchev–Trinajstić information content (AvgIpc) is 3.23. The third-order valence-corrected chi connectivity index (χ3v) is 4.39. The van der Waals surface area contributed by atoms with Crippen LogP contribution in [0.1, 0.15) is 25.3 Å². The number of nitrogens with one attached hydrogen (secondary N) is 2. The van der Waals surface area contributed by atoms with Gasteiger partial charge in [-0.15, -0.1) is 30.4 Å². The third kappa shape index (κ3) is 11.3. The van der Waals surface area contributed by atoms with Crippen molar-refractivity contribution in [3.63, 3.8) is 0 Å². The quantitative estimate of drug-likeness (QED) is 0.147. The van der Waals surface area contributed by atoms with Gasteiger partial charge in [-0.2, -0.15) is 0 Å². The number of terminal acetylenes is 1. The van der Waals surface area contributed by atoms with Crippen molar-refractivity contribution in [1.29, 1.82) is 0 Å². The maximum absolute atomic E-state index is 5.72. The molecule has 0 aromatic heterocycles. The molecule has 1 unspecified atom stereocenters. The zero-order chi connectivity index (χ0) is 19.9. The van der Waals surface area contributed by atoms with Crippen molar-refractivity contribution in [1.82, 2.24) is 10.6 Å². The second-order valence-electron chi connectivity index (χ2n) is 6.73. The molecule has 1 heterocycles. The molecule has 1 fully saturated rings. The highest BCUT2D eigenvalue weighted by molar-refractivity contribution is 14.0. The highest BCUT2D eigenvalue weighted by Gasteiger charge is 2.15. The lowest BCUT2D eigenvalue weighted by molar-refractivity contribution is 0.0893. The number of halogens is 1. The van der Waals surface area contributed by atoms with Crippen LogP contribution in [-0.2, 0) is 15.9 Å². The fraction of sp³-hybridized carbons (Fsp3) is 0.591. The van der Waals surface area contributed by atoms with Gasteiger partial charge in [0.05, 0.1) is 13.2 Å². The summed E-state index contributed by atoms with van der Waals surface area (Å²) in [6.07, 6.45) is 8.14. The summed E-state index contributed by atoms with van der Waals surface area (Å²) in [5.41, 5.74) is 1.24. The van der Waals surface area contributed by atoms with Crippen molar-refractivity contribution in [2.45, 2.75) is 26.2 Å². The Morgan fingerprint density at radius 2 is 2.14 bits per heavy atom. The van der Waals surface area contributed by atoms with E-state index in [4.69, 9.17) is 20.6 Å². The molecule has 1 aliphatic rings. The van der Waals surface area contributed by atoms with E-state index in [0.717, 1.165) is 77.0 Å². The Morgan fingerprint density at radius 1 is 1.31 bits per heavy atom. The normalized spacial score (nSPS) is 16.0. The SMILES string of the molecule is C#CCOc1ccc(CCNC(=NCCCOCC2CCOC2)NCC)cc1.I. The molecule has 0 saturated carbocycles. The maximum Gasteiger partial charge on any atom is 0.191 e. The van der Waals surface area contributed by atoms with E-state index in [1.54, 1.807) is 0 Å². The molecule has 162 valence electrons. The van der Waals surface area contributed by atoms with Gasteiger partial charge in [0.25, 0.3) is 0 Å². The Labute approximate surface area is 192 Å². The lowest BCUT2D eigenvalue weighted by Gasteiger charge is -2.12. The Bertz CT molecular complexity index is 611. The fourth-order valence-corrected chi connectivity index (χ4v) is 2.87. The summed E-state index contributed by atoms with van der Waals surface area (Å²) in [5.74, 6) is 4.68. The number of benzene rings is 1. The maximum atomic E-state index is 5.72. The van der Waals surface area contributed by atoms with E-state index < -0.39 is 0 Å². The Hall–Kier alpha value is -1.50. The van der Waals surface area contributed by atoms with E-state index in [1.165, 1.54) is 5.56 Å². The summed E-state index contributed by atoms with van der Waals surface area (Å²) in [6.45, 7) is 8.02. The smallest absolute Gasteiger partial charge is 0.191 e. The van der Waals surface area contributed by atoms with Gasteiger partial charge in [0.2, 0.25) is 0 Å². The minimum Gasteiger partial charge on any atom is -0.481 e. The molecule has 0 amide bonds. The number of aliphatic imine (C=N–C) groups is 1. The van der Waals surface area contributed by atoms with Gasteiger partial charge in [-0.1, -0.05) is 18.1 Å². The number of guanidine groups is 1. The number of hydrogen-bond acceptors (Lipinski definition) is 4. The first-order chi connectivity index (χ1) is 13.8. The van der Waals surface area contributed by atoms with Gasteiger partial charge >= 0.3 is 0 Å². The standard InChI is InChI=1S/C22H33N3O3.HI/c1-3-14-28-21-8-6-19(7-9-21)10-13-25-22(23-4-2)24-12-5-15-26-17-20-11-16-27-18-20;/h1,6-9,20H,4-5,10-18H2,2H3,(H2,23,24,25);1H. The summed E-state index contributed by atoms with van der Waals surface area (Å²) in [5, 5.41) is 6.66. The van der Waals surface area contributed by atoms with Gasteiger partial charge in [0, 0.05) is 38.8 Å². The highest BCUT2D eigenvalue weighted by Crippen LogP contribution is 2.13. The summed E-state index contributed by atoms with van der Waals surface area (Å²) in [6, 6.07) is 8.02. The van der Waals surface area contributed by atoms with E-state index >= 15 is 0 Å². The van der Waals surface area contributed by atoms with Gasteiger partial charge in [0.15, 0.2) is 5.96 Å². The van der Waals surface area contributed by atoms with E-state index in [-0.39, 0.29) is 24.0 Å². The molecule has 1 atom stereocenters. The topological polar surface area (TPSA) is 64.1 Å². The van der Waals surface area contributed by atoms with Crippen LogP contribution in [0.15, 0.2) is 29.3 Å². The van der Waals surface area contributed by atoms with E-state index in [0.29, 0.717) is 12.5 Å². The predicted octanol–water partition coefficient (Wildman–Crippen LogP) is 2.86. The third-order valence-electron chi connectivity index (χ3n) is 4.39. The zero-order valence-corrected chi connectivity index (χ0v) is 19.7. The zero-order valence-electron chi connectivity index (χ0n) is 17.3. The lowest BCUT2D eigenvalue weighted by atomic mass is 10.1. The highest BCUT2D eigenvalue weighted by atomic mass is 127. The average molecular weight is 515 g/mol. The molecule has 1 aromatic carbocycles. The summed E-state index contributed by atoms with van der Waals surface area (Å²) >= 11 is 0. The van der Waals surface area contributed by atoms with Crippen LogP contribution in [-0.4, -0.2) is 58.6 Å². The molecule has 2 N–H and O–H groups in total. The first kappa shape index (κ1) is 25.5. The van der Waals surface area contributed by atoms with Crippen molar-refractivity contribution in [3.8, 4) is 18.1 Å². The molecule has 0 radical (unpaired) electrons. The lowest BCUT2D eigenvalue weighted by Crippen LogP contribution is -2.38. The molecular weight excluding hydrogens is 481 g/mol. The molecule has 0 bridgehead atoms. The van der Waals surface area contributed by atoms with Crippen LogP contribution in [0.4, 0.5) is 0 Å². The van der Waals surface area contributed by atoms with Crippen molar-refractivity contribution in [3.05, 3.63) is 29.8 Å². The van der Waals surface area contributed by atoms with Crippen molar-refractivity contribution < 1.29 is 14.2 Å². The number of hydrogen-bond donors (Lipinski definition) is 2. The second-order valence-corrected chi connectivity index (χ2v) is 6.73. The first-order valence-electron chi connectivity index (χ1n) is 10.1. The van der Waals surface area contributed by atoms with Crippen LogP contribution in [0.3, 0.4) is 0 Å². The Kier molecular flexibility index (Phi) is 14.4. The Balaban J connectivity index is 0.00000420. The van der Waals surface area contributed by atoms with Gasteiger partial charge in [-0.25, -0.2) is 0 Å². The number of nitrogens with zero attached hydrogens (tertiary/aromatic N) is 1. The van der Waals surface area contributed by atoms with Gasteiger partial charge < -0.3 is 24.8 Å². The van der Waals surface area contributed by atoms with Crippen LogP contribution >= 0.6 is 24.0 Å². The largest absolute Gasteiger partial charge is 0.481 e. The number of rotatable bonds is 12. The molecule has 1 aliphatic heterocycles. The van der Waals surface area contributed by atoms with E-state index in [1.807, 2.05) is 12.1 Å². The molecule has 2 rings (SSSR count). The van der Waals surface area contributed by atoms with Crippen molar-refractivity contribution >= 4 is 29.9 Å². The summed E-state index contributed by atoms with van der Waals surface area (Å²) < 4.78 is 16.5. The van der Waals surface area contributed by atoms with Gasteiger partial charge in [0.1, 0.15) is 12.4 Å². The summed E-state index contributed by atoms with van der Waals surface area (Å²) in [4.78, 5) is 4.61. The number of ether oxygens (including phenoxy) is 3. The minimum atomic E-state index is 0. The molecular formula is C22H34IN3O3. The summed E-state index contributed by atoms with van der Waals surface area (Å²) in [7, 11) is 0. The van der Waals surface area contributed by atoms with Gasteiger partial charge in [-0.05, 0) is 43.9 Å². The molecule has 7 heteroatoms. The van der Waals surface area contributed by atoms with E-state index in [9.17, 15) is 0 Å². The van der Waals surface area contributed by atoms with Crippen molar-refractivity contribution in [2.24, 2.45) is 10.9 Å². The van der Waals surface area contributed by atoms with Crippen LogP contribution in [0.2, 0.25) is 0 Å². The van der Waals surface area contributed by atoms with Crippen LogP contribution in [0.25, 0.3) is 0 Å². The molecule has 1 saturated heterocycles. The fourth-order valence-electron chi connectivity index (χ4n) is 2.87. The molecule has 29 heavy (non-hydrogen) atoms. The molecule has 1 aromatic rings. The molecule has 0 spiro atoms. The van der Waals surface area contributed by atoms with Crippen LogP contribution in [0, 0.1) is 18.3 Å². The molecule has 6 nitrogen and oxygen atoms in total. The van der Waals surface area contributed by atoms with Crippen LogP contribution < -0.4 is 15.4 Å². The Morgan fingerprint density at radius 3 is 2.83 bits per heavy atom. The van der Waals surface area contributed by atoms with Gasteiger partial charge in [-0.3, -0.25) is 4.99 Å². The predicted molar refractivity (Wildman–Crippen MR) is 128 cm³/mol. The molecule has 0 aliphatic carbocycles. The van der Waals surface area contributed by atoms with E-state index in [2.05, 4.69) is 40.6 Å². The monoisotopic (exact) mass is 515 g/mol.